The average Bonchev–Trinajstić information content (AvgIpc) is 2.57. The van der Waals surface area contributed by atoms with E-state index in [1.165, 1.54) is 38.5 Å². The van der Waals surface area contributed by atoms with Gasteiger partial charge < -0.3 is 9.66 Å². The van der Waals surface area contributed by atoms with Crippen LogP contribution in [-0.4, -0.2) is 29.4 Å². The number of unbranched alkanes of at least 4 members (excludes halogenated alkanes) is 10. The van der Waals surface area contributed by atoms with Crippen LogP contribution in [0.1, 0.15) is 123 Å². The van der Waals surface area contributed by atoms with Gasteiger partial charge in [-0.05, 0) is 25.7 Å². The van der Waals surface area contributed by atoms with Gasteiger partial charge in [-0.2, -0.15) is 0 Å². The number of rotatable bonds is 19. The predicted molar refractivity (Wildman–Crippen MR) is 109 cm³/mol. The fraction of sp³-hybridized carbons (Fsp3) is 1.00. The standard InChI is InChI=1S/C21H44O4S.Na/c1-3-5-6-7-8-9-10-11-14-18-21(26(23,24)25)19-15-12-13-17-20(22)16-4-2;/h20-22H,3-19H2,1-2H3,(H,23,24,25);/q;+1/p-1. The summed E-state index contributed by atoms with van der Waals surface area (Å²) in [6, 6.07) is 0. The van der Waals surface area contributed by atoms with Crippen LogP contribution < -0.4 is 29.6 Å². The number of hydrogen-bond donors (Lipinski definition) is 1. The van der Waals surface area contributed by atoms with Crippen LogP contribution in [0.4, 0.5) is 0 Å². The second-order valence-electron chi connectivity index (χ2n) is 7.81. The number of aliphatic hydroxyl groups is 1. The first-order chi connectivity index (χ1) is 12.4. The van der Waals surface area contributed by atoms with Crippen LogP contribution in [0.15, 0.2) is 0 Å². The van der Waals surface area contributed by atoms with Gasteiger partial charge in [0.2, 0.25) is 0 Å². The van der Waals surface area contributed by atoms with Gasteiger partial charge in [-0.3, -0.25) is 0 Å². The van der Waals surface area contributed by atoms with Crippen LogP contribution in [0, 0.1) is 0 Å². The Hall–Kier alpha value is 0.870. The van der Waals surface area contributed by atoms with Gasteiger partial charge in [0.05, 0.1) is 16.2 Å². The molecule has 1 N–H and O–H groups in total. The third-order valence-electron chi connectivity index (χ3n) is 5.22. The Bertz CT molecular complexity index is 401. The number of hydrogen-bond acceptors (Lipinski definition) is 4. The van der Waals surface area contributed by atoms with E-state index in [0.717, 1.165) is 57.8 Å². The Morgan fingerprint density at radius 3 is 1.52 bits per heavy atom. The van der Waals surface area contributed by atoms with Crippen molar-refractivity contribution in [3.63, 3.8) is 0 Å². The molecule has 0 heterocycles. The Balaban J connectivity index is 0. The van der Waals surface area contributed by atoms with Gasteiger partial charge >= 0.3 is 29.6 Å². The minimum absolute atomic E-state index is 0. The van der Waals surface area contributed by atoms with Crippen molar-refractivity contribution in [3.05, 3.63) is 0 Å². The molecule has 158 valence electrons. The van der Waals surface area contributed by atoms with E-state index >= 15 is 0 Å². The van der Waals surface area contributed by atoms with E-state index in [0.29, 0.717) is 12.8 Å². The SMILES string of the molecule is CCCCCCCCCCCC(CCCCCC(O)CCC)S(=O)(=O)[O-].[Na+]. The summed E-state index contributed by atoms with van der Waals surface area (Å²) in [6.07, 6.45) is 16.6. The summed E-state index contributed by atoms with van der Waals surface area (Å²) in [6.45, 7) is 4.27. The smallest absolute Gasteiger partial charge is 0.748 e. The van der Waals surface area contributed by atoms with Crippen molar-refractivity contribution in [2.45, 2.75) is 134 Å². The van der Waals surface area contributed by atoms with Crippen molar-refractivity contribution in [2.75, 3.05) is 0 Å². The Labute approximate surface area is 191 Å². The molecule has 0 aliphatic rings. The largest absolute Gasteiger partial charge is 1.00 e. The molecule has 27 heavy (non-hydrogen) atoms. The third-order valence-corrected chi connectivity index (χ3v) is 6.51. The van der Waals surface area contributed by atoms with Gasteiger partial charge in [0, 0.05) is 5.25 Å². The van der Waals surface area contributed by atoms with E-state index in [9.17, 15) is 18.1 Å². The molecule has 0 fully saturated rings. The van der Waals surface area contributed by atoms with Crippen molar-refractivity contribution < 1.29 is 47.6 Å². The van der Waals surface area contributed by atoms with Crippen LogP contribution in [0.2, 0.25) is 0 Å². The van der Waals surface area contributed by atoms with Crippen molar-refractivity contribution in [1.29, 1.82) is 0 Å². The van der Waals surface area contributed by atoms with Crippen molar-refractivity contribution in [2.24, 2.45) is 0 Å². The molecule has 0 aromatic heterocycles. The van der Waals surface area contributed by atoms with E-state index in [1.54, 1.807) is 0 Å². The molecular weight excluding hydrogens is 371 g/mol. The monoisotopic (exact) mass is 414 g/mol. The Kier molecular flexibility index (Phi) is 22.4. The molecule has 0 aromatic carbocycles. The summed E-state index contributed by atoms with van der Waals surface area (Å²) >= 11 is 0. The molecular formula is C21H43NaO4S. The summed E-state index contributed by atoms with van der Waals surface area (Å²) in [5.41, 5.74) is 0. The van der Waals surface area contributed by atoms with Crippen molar-refractivity contribution in [3.8, 4) is 0 Å². The van der Waals surface area contributed by atoms with Gasteiger partial charge in [0.15, 0.2) is 0 Å². The predicted octanol–water partition coefficient (Wildman–Crippen LogP) is 2.94. The molecule has 0 amide bonds. The fourth-order valence-electron chi connectivity index (χ4n) is 3.52. The first-order valence-electron chi connectivity index (χ1n) is 11.0. The van der Waals surface area contributed by atoms with Gasteiger partial charge in [-0.1, -0.05) is 97.3 Å². The molecule has 0 saturated heterocycles. The second kappa shape index (κ2) is 20.2. The minimum Gasteiger partial charge on any atom is -0.748 e. The molecule has 2 unspecified atom stereocenters. The molecule has 0 bridgehead atoms. The van der Waals surface area contributed by atoms with Gasteiger partial charge in [0.1, 0.15) is 0 Å². The summed E-state index contributed by atoms with van der Waals surface area (Å²) in [4.78, 5) is 0. The van der Waals surface area contributed by atoms with Crippen molar-refractivity contribution in [1.82, 2.24) is 0 Å². The first-order valence-corrected chi connectivity index (χ1v) is 12.5. The van der Waals surface area contributed by atoms with Crippen LogP contribution in [0.25, 0.3) is 0 Å². The topological polar surface area (TPSA) is 77.4 Å². The van der Waals surface area contributed by atoms with Crippen LogP contribution in [-0.2, 0) is 10.1 Å². The summed E-state index contributed by atoms with van der Waals surface area (Å²) in [5, 5.41) is 8.97. The van der Waals surface area contributed by atoms with Crippen LogP contribution in [0.5, 0.6) is 0 Å². The van der Waals surface area contributed by atoms with E-state index in [-0.39, 0.29) is 35.7 Å². The molecule has 0 aliphatic heterocycles. The molecule has 6 heteroatoms. The Morgan fingerprint density at radius 2 is 1.07 bits per heavy atom. The summed E-state index contributed by atoms with van der Waals surface area (Å²) in [5.74, 6) is 0. The quantitative estimate of drug-likeness (QED) is 0.200. The van der Waals surface area contributed by atoms with E-state index in [1.807, 2.05) is 0 Å². The summed E-state index contributed by atoms with van der Waals surface area (Å²) in [7, 11) is -4.18. The van der Waals surface area contributed by atoms with Crippen LogP contribution >= 0.6 is 0 Å². The molecule has 0 rings (SSSR count). The van der Waals surface area contributed by atoms with Gasteiger partial charge in [-0.25, -0.2) is 8.42 Å². The van der Waals surface area contributed by atoms with Gasteiger partial charge in [0.25, 0.3) is 0 Å². The zero-order valence-electron chi connectivity index (χ0n) is 18.3. The maximum absolute atomic E-state index is 11.5. The zero-order chi connectivity index (χ0) is 19.7. The van der Waals surface area contributed by atoms with Gasteiger partial charge in [-0.15, -0.1) is 0 Å². The number of aliphatic hydroxyl groups excluding tert-OH is 1. The Morgan fingerprint density at radius 1 is 0.667 bits per heavy atom. The molecule has 0 spiro atoms. The molecule has 4 nitrogen and oxygen atoms in total. The molecule has 0 aromatic rings. The van der Waals surface area contributed by atoms with E-state index in [4.69, 9.17) is 0 Å². The molecule has 0 radical (unpaired) electrons. The van der Waals surface area contributed by atoms with Crippen LogP contribution in [0.3, 0.4) is 0 Å². The third kappa shape index (κ3) is 19.9. The molecule has 2 atom stereocenters. The summed E-state index contributed by atoms with van der Waals surface area (Å²) < 4.78 is 34.4. The van der Waals surface area contributed by atoms with E-state index in [2.05, 4.69) is 13.8 Å². The molecule has 0 aliphatic carbocycles. The minimum atomic E-state index is -4.18. The second-order valence-corrected chi connectivity index (χ2v) is 9.46. The first kappa shape index (κ1) is 30.1. The molecule has 0 saturated carbocycles. The fourth-order valence-corrected chi connectivity index (χ4v) is 4.43. The van der Waals surface area contributed by atoms with Crippen molar-refractivity contribution >= 4 is 10.1 Å². The maximum Gasteiger partial charge on any atom is 1.00 e. The maximum atomic E-state index is 11.5. The zero-order valence-corrected chi connectivity index (χ0v) is 21.1. The normalized spacial score (nSPS) is 13.9. The average molecular weight is 415 g/mol. The van der Waals surface area contributed by atoms with E-state index < -0.39 is 15.4 Å².